The molecular formula is C94H77BrN12O2. The number of nitrogens with zero attached hydrogens (tertiary/aromatic N) is 12. The third-order valence-electron chi connectivity index (χ3n) is 20.3. The van der Waals surface area contributed by atoms with Crippen LogP contribution in [0.1, 0.15) is 116 Å². The van der Waals surface area contributed by atoms with Crippen LogP contribution in [0.25, 0.3) is 152 Å². The Bertz CT molecular complexity index is 6780. The smallest absolute Gasteiger partial charge is 0.196 e. The maximum absolute atomic E-state index is 10.3. The lowest BCUT2D eigenvalue weighted by atomic mass is 9.87. The number of pyridine rings is 4. The fourth-order valence-electron chi connectivity index (χ4n) is 15.4. The van der Waals surface area contributed by atoms with Crippen LogP contribution in [0.4, 0.5) is 22.7 Å². The highest BCUT2D eigenvalue weighted by molar-refractivity contribution is 9.10. The molecule has 0 aliphatic carbocycles. The molecule has 109 heavy (non-hydrogen) atoms. The van der Waals surface area contributed by atoms with Gasteiger partial charge in [0.1, 0.15) is 40.2 Å². The maximum atomic E-state index is 10.3. The Hall–Kier alpha value is -13.4. The first-order chi connectivity index (χ1) is 52.0. The molecule has 0 amide bonds. The van der Waals surface area contributed by atoms with Gasteiger partial charge in [0.2, 0.25) is 0 Å². The molecule has 18 aromatic rings. The van der Waals surface area contributed by atoms with Crippen LogP contribution >= 0.6 is 15.9 Å². The van der Waals surface area contributed by atoms with E-state index in [1.54, 1.807) is 24.3 Å². The molecule has 15 heteroatoms. The van der Waals surface area contributed by atoms with E-state index in [1.807, 2.05) is 110 Å². The molecule has 8 aromatic heterocycles. The lowest BCUT2D eigenvalue weighted by Crippen LogP contribution is -2.02. The monoisotopic (exact) mass is 1480 g/mol. The Morgan fingerprint density at radius 3 is 1.17 bits per heavy atom. The molecule has 14 nitrogen and oxygen atoms in total. The quantitative estimate of drug-likeness (QED) is 0.108. The minimum Gasteiger partial charge on any atom is -0.508 e. The van der Waals surface area contributed by atoms with Crippen molar-refractivity contribution in [3.63, 3.8) is 0 Å². The van der Waals surface area contributed by atoms with Crippen molar-refractivity contribution in [2.75, 3.05) is 0 Å². The van der Waals surface area contributed by atoms with Crippen LogP contribution in [0.2, 0.25) is 0 Å². The summed E-state index contributed by atoms with van der Waals surface area (Å²) in [6.07, 6.45) is 7.49. The molecule has 0 radical (unpaired) electrons. The number of halogens is 1. The fourth-order valence-corrected chi connectivity index (χ4v) is 15.8. The molecule has 8 heterocycles. The third kappa shape index (κ3) is 12.5. The molecule has 0 fully saturated rings. The van der Waals surface area contributed by atoms with Crippen molar-refractivity contribution >= 4 is 137 Å². The molecule has 10 aromatic carbocycles. The summed E-state index contributed by atoms with van der Waals surface area (Å²) in [6, 6.07) is 72.8. The van der Waals surface area contributed by atoms with Gasteiger partial charge in [-0.05, 0) is 177 Å². The molecule has 0 atom stereocenters. The van der Waals surface area contributed by atoms with Gasteiger partial charge in [-0.15, -0.1) is 0 Å². The summed E-state index contributed by atoms with van der Waals surface area (Å²) in [5.74, 6) is 4.47. The first-order valence-corrected chi connectivity index (χ1v) is 36.3. The van der Waals surface area contributed by atoms with Gasteiger partial charge >= 0.3 is 0 Å². The molecule has 1 N–H and O–H groups in total. The molecule has 0 saturated heterocycles. The van der Waals surface area contributed by atoms with Gasteiger partial charge < -0.3 is 9.84 Å². The number of aromatic nitrogens is 8. The van der Waals surface area contributed by atoms with E-state index in [4.69, 9.17) is 41.0 Å². The lowest BCUT2D eigenvalue weighted by molar-refractivity contribution is 0.476. The van der Waals surface area contributed by atoms with E-state index < -0.39 is 0 Å². The first-order valence-electron chi connectivity index (χ1n) is 35.6. The molecule has 0 unspecified atom stereocenters. The van der Waals surface area contributed by atoms with Crippen molar-refractivity contribution in [2.24, 2.45) is 0 Å². The van der Waals surface area contributed by atoms with Crippen LogP contribution in [0.5, 0.6) is 17.2 Å². The number of phenols is 1. The molecule has 18 rings (SSSR count). The van der Waals surface area contributed by atoms with E-state index >= 15 is 0 Å². The van der Waals surface area contributed by atoms with Crippen LogP contribution in [0.15, 0.2) is 248 Å². The van der Waals surface area contributed by atoms with Crippen molar-refractivity contribution in [1.82, 2.24) is 37.9 Å². The van der Waals surface area contributed by atoms with Crippen molar-refractivity contribution in [3.8, 4) is 51.4 Å². The topological polar surface area (TPSA) is 117 Å². The number of aromatic hydroxyl groups is 1. The van der Waals surface area contributed by atoms with Gasteiger partial charge in [-0.2, -0.15) is 0 Å². The molecule has 0 aliphatic heterocycles. The van der Waals surface area contributed by atoms with Gasteiger partial charge in [-0.25, -0.2) is 19.9 Å². The maximum Gasteiger partial charge on any atom is 0.196 e. The van der Waals surface area contributed by atoms with Crippen LogP contribution in [-0.2, 0) is 0 Å². The predicted octanol–water partition coefficient (Wildman–Crippen LogP) is 27.5. The number of benzene rings is 10. The summed E-state index contributed by atoms with van der Waals surface area (Å²) in [4.78, 5) is 33.8. The number of ether oxygens (including phenoxy) is 1. The Labute approximate surface area is 641 Å². The van der Waals surface area contributed by atoms with Gasteiger partial charge in [-0.3, -0.25) is 37.3 Å². The molecule has 0 saturated carbocycles. The second-order valence-electron chi connectivity index (χ2n) is 28.0. The molecule has 532 valence electrons. The van der Waals surface area contributed by atoms with E-state index in [-0.39, 0.29) is 32.4 Å². The van der Waals surface area contributed by atoms with Gasteiger partial charge in [0.05, 0.1) is 72.1 Å². The van der Waals surface area contributed by atoms with Crippen LogP contribution < -0.4 is 4.74 Å². The number of hydrogen-bond donors (Lipinski definition) is 1. The summed E-state index contributed by atoms with van der Waals surface area (Å²) in [6.45, 7) is 48.7. The largest absolute Gasteiger partial charge is 0.508 e. The standard InChI is InChI=1S/C46H34N6O.C29H24N4O.C17H11BrN2.2CH4/c1-27(2)31-13-11-14-32(28(3)4)45(31)43-26-50-46-37-22-29(17-19-33(37)36-24-38(47-5)39(48-6)25-42(36)52(43)46)53-30-18-20-35-34-12-7-8-15-40(34)51(41(35)23-30)44-16-9-10-21-49-44;1-16(2)19-8-7-9-20(17(3)4)28(19)27-15-32-29-23-12-18(34)10-11-21(23)22-13-24(30-5)25(31-6)14-26(22)33(27)29;18-12-8-9-14-13-5-1-2-6-15(13)20(16(14)11-12)17-7-3-4-10-19-17;;/h7-28H,1-4H3;7-17,34H,1-4H3;1-11H;2*1H4. The summed E-state index contributed by atoms with van der Waals surface area (Å²) in [7, 11) is 0. The Balaban J connectivity index is 0.000000151. The molecule has 0 spiro atoms. The van der Waals surface area contributed by atoms with Gasteiger partial charge in [0.15, 0.2) is 22.7 Å². The van der Waals surface area contributed by atoms with Gasteiger partial charge in [0.25, 0.3) is 0 Å². The van der Waals surface area contributed by atoms with E-state index in [0.29, 0.717) is 51.7 Å². The number of hydrogen-bond acceptors (Lipinski definition) is 6. The Morgan fingerprint density at radius 2 is 0.734 bits per heavy atom. The normalized spacial score (nSPS) is 11.3. The van der Waals surface area contributed by atoms with Crippen molar-refractivity contribution < 1.29 is 9.84 Å². The molecule has 0 aliphatic rings. The average molecular weight is 1490 g/mol. The van der Waals surface area contributed by atoms with Crippen molar-refractivity contribution in [3.05, 3.63) is 316 Å². The second-order valence-corrected chi connectivity index (χ2v) is 28.9. The highest BCUT2D eigenvalue weighted by Gasteiger charge is 2.26. The highest BCUT2D eigenvalue weighted by Crippen LogP contribution is 2.47. The SMILES string of the molecule is Brc1ccc2c3ccccc3n(-c3ccccn3)c2c1.C.C.[C-]#[N+]c1cc2c3ccc(O)cc3c3ncc(-c4c(C(C)C)cccc4C(C)C)n3c2cc1[N+]#[C-].[C-]#[N+]c1cc2c3ccc(Oc4ccc5c6ccccc6n(-c6ccccn6)c5c4)cc3c3ncc(-c4c(C(C)C)cccc4C(C)C)n3c2cc1[N+]#[C-]. The summed E-state index contributed by atoms with van der Waals surface area (Å²) in [5, 5.41) is 20.3. The van der Waals surface area contributed by atoms with Crippen LogP contribution in [-0.4, -0.2) is 43.0 Å². The average Bonchev–Trinajstić information content (AvgIpc) is 1.71. The Kier molecular flexibility index (Phi) is 19.6. The third-order valence-corrected chi connectivity index (χ3v) is 20.8. The van der Waals surface area contributed by atoms with E-state index in [2.05, 4.69) is 228 Å². The summed E-state index contributed by atoms with van der Waals surface area (Å²) < 4.78 is 16.4. The van der Waals surface area contributed by atoms with Crippen LogP contribution in [0, 0.1) is 26.3 Å². The molecular weight excluding hydrogens is 1410 g/mol. The summed E-state index contributed by atoms with van der Waals surface area (Å²) in [5.41, 5.74) is 18.1. The highest BCUT2D eigenvalue weighted by atomic mass is 79.9. The molecule has 0 bridgehead atoms. The summed E-state index contributed by atoms with van der Waals surface area (Å²) >= 11 is 3.56. The number of para-hydroxylation sites is 2. The van der Waals surface area contributed by atoms with E-state index in [9.17, 15) is 5.11 Å². The van der Waals surface area contributed by atoms with E-state index in [0.717, 1.165) is 109 Å². The van der Waals surface area contributed by atoms with E-state index in [1.165, 1.54) is 44.1 Å². The number of rotatable bonds is 10. The zero-order valence-corrected chi connectivity index (χ0v) is 61.6. The minimum absolute atomic E-state index is 0. The fraction of sp³-hybridized carbons (Fsp3) is 0.149. The number of imidazole rings is 2. The number of fused-ring (bicyclic) bond motifs is 18. The van der Waals surface area contributed by atoms with Gasteiger partial charge in [0, 0.05) is 77.4 Å². The van der Waals surface area contributed by atoms with Crippen molar-refractivity contribution in [2.45, 2.75) is 93.9 Å². The lowest BCUT2D eigenvalue weighted by Gasteiger charge is -2.20. The van der Waals surface area contributed by atoms with Gasteiger partial charge in [-0.1, -0.05) is 189 Å². The van der Waals surface area contributed by atoms with Crippen LogP contribution in [0.3, 0.4) is 0 Å². The first kappa shape index (κ1) is 72.5. The second kappa shape index (κ2) is 29.5. The predicted molar refractivity (Wildman–Crippen MR) is 453 cm³/mol. The minimum atomic E-state index is 0. The Morgan fingerprint density at radius 1 is 0.349 bits per heavy atom. The zero-order chi connectivity index (χ0) is 74.1. The number of phenolic OH excluding ortho intramolecular Hbond substituents is 1. The van der Waals surface area contributed by atoms with Crippen molar-refractivity contribution in [1.29, 1.82) is 0 Å². The zero-order valence-electron chi connectivity index (χ0n) is 60.0.